The first kappa shape index (κ1) is 16.5. The maximum absolute atomic E-state index is 12.2. The summed E-state index contributed by atoms with van der Waals surface area (Å²) in [6, 6.07) is 7.77. The van der Waals surface area contributed by atoms with E-state index in [-0.39, 0.29) is 18.0 Å². The van der Waals surface area contributed by atoms with Crippen molar-refractivity contribution in [1.29, 1.82) is 0 Å². The number of hydrogen-bond acceptors (Lipinski definition) is 4. The van der Waals surface area contributed by atoms with Crippen LogP contribution < -0.4 is 9.46 Å². The van der Waals surface area contributed by atoms with Crippen molar-refractivity contribution < 1.29 is 13.2 Å². The number of H-pyrrole nitrogens is 1. The molecule has 1 heterocycles. The Labute approximate surface area is 130 Å². The second-order valence-corrected chi connectivity index (χ2v) is 6.71. The fourth-order valence-corrected chi connectivity index (χ4v) is 3.55. The van der Waals surface area contributed by atoms with Crippen molar-refractivity contribution in [1.82, 2.24) is 14.9 Å². The highest BCUT2D eigenvalue weighted by Crippen LogP contribution is 2.16. The summed E-state index contributed by atoms with van der Waals surface area (Å²) in [5.41, 5.74) is 2.22. The van der Waals surface area contributed by atoms with Crippen LogP contribution in [0.5, 0.6) is 5.75 Å². The summed E-state index contributed by atoms with van der Waals surface area (Å²) in [6.07, 6.45) is 0.976. The average molecular weight is 323 g/mol. The quantitative estimate of drug-likeness (QED) is 0.763. The standard InChI is InChI=1S/C15H21N3O3S/c1-4-13-5-7-14(8-6-13)21-10-9-16-22(19,20)15-11(2)17-18-12(15)3/h5-8,16H,4,9-10H2,1-3H3,(H,17,18). The molecule has 2 aromatic rings. The van der Waals surface area contributed by atoms with Gasteiger partial charge in [0, 0.05) is 6.54 Å². The van der Waals surface area contributed by atoms with Gasteiger partial charge < -0.3 is 4.74 Å². The third kappa shape index (κ3) is 3.86. The molecule has 0 spiro atoms. The first-order valence-corrected chi connectivity index (χ1v) is 8.65. The van der Waals surface area contributed by atoms with Crippen LogP contribution in [-0.2, 0) is 16.4 Å². The lowest BCUT2D eigenvalue weighted by Gasteiger charge is -2.09. The molecule has 0 atom stereocenters. The highest BCUT2D eigenvalue weighted by molar-refractivity contribution is 7.89. The maximum Gasteiger partial charge on any atom is 0.244 e. The van der Waals surface area contributed by atoms with Crippen LogP contribution in [0.1, 0.15) is 23.9 Å². The van der Waals surface area contributed by atoms with Gasteiger partial charge in [0.2, 0.25) is 10.0 Å². The van der Waals surface area contributed by atoms with Gasteiger partial charge in [0.05, 0.1) is 11.4 Å². The zero-order chi connectivity index (χ0) is 16.2. The number of rotatable bonds is 7. The Morgan fingerprint density at radius 1 is 1.23 bits per heavy atom. The van der Waals surface area contributed by atoms with Gasteiger partial charge in [0.15, 0.2) is 0 Å². The molecule has 0 aliphatic carbocycles. The summed E-state index contributed by atoms with van der Waals surface area (Å²) >= 11 is 0. The van der Waals surface area contributed by atoms with Crippen LogP contribution >= 0.6 is 0 Å². The van der Waals surface area contributed by atoms with Crippen molar-refractivity contribution in [3.8, 4) is 5.75 Å². The lowest BCUT2D eigenvalue weighted by atomic mass is 10.2. The highest BCUT2D eigenvalue weighted by Gasteiger charge is 2.21. The lowest BCUT2D eigenvalue weighted by molar-refractivity contribution is 0.322. The van der Waals surface area contributed by atoms with E-state index in [9.17, 15) is 8.42 Å². The summed E-state index contributed by atoms with van der Waals surface area (Å²) in [5, 5.41) is 6.57. The minimum atomic E-state index is -3.57. The Hall–Kier alpha value is -1.86. The fraction of sp³-hybridized carbons (Fsp3) is 0.400. The number of sulfonamides is 1. The number of ether oxygens (including phenoxy) is 1. The van der Waals surface area contributed by atoms with Crippen LogP contribution in [0.15, 0.2) is 29.2 Å². The van der Waals surface area contributed by atoms with E-state index >= 15 is 0 Å². The number of aromatic nitrogens is 2. The third-order valence-corrected chi connectivity index (χ3v) is 5.05. The van der Waals surface area contributed by atoms with Gasteiger partial charge >= 0.3 is 0 Å². The largest absolute Gasteiger partial charge is 0.492 e. The second kappa shape index (κ2) is 6.93. The van der Waals surface area contributed by atoms with Gasteiger partial charge in [-0.3, -0.25) is 5.10 Å². The van der Waals surface area contributed by atoms with Crippen LogP contribution in [0.25, 0.3) is 0 Å². The molecule has 6 nitrogen and oxygen atoms in total. The molecule has 0 aliphatic heterocycles. The molecule has 2 N–H and O–H groups in total. The van der Waals surface area contributed by atoms with Crippen LogP contribution in [0.3, 0.4) is 0 Å². The van der Waals surface area contributed by atoms with E-state index in [2.05, 4.69) is 21.8 Å². The molecule has 0 aliphatic rings. The highest BCUT2D eigenvalue weighted by atomic mass is 32.2. The molecule has 0 saturated heterocycles. The van der Waals surface area contributed by atoms with Crippen molar-refractivity contribution in [2.24, 2.45) is 0 Å². The van der Waals surface area contributed by atoms with Crippen molar-refractivity contribution in [3.63, 3.8) is 0 Å². The smallest absolute Gasteiger partial charge is 0.244 e. The average Bonchev–Trinajstić information content (AvgIpc) is 2.84. The van der Waals surface area contributed by atoms with Gasteiger partial charge in [-0.05, 0) is 38.0 Å². The van der Waals surface area contributed by atoms with E-state index in [0.717, 1.165) is 12.2 Å². The minimum absolute atomic E-state index is 0.196. The van der Waals surface area contributed by atoms with Crippen LogP contribution in [0, 0.1) is 13.8 Å². The zero-order valence-corrected chi connectivity index (χ0v) is 13.8. The number of aromatic amines is 1. The molecule has 2 rings (SSSR count). The summed E-state index contributed by atoms with van der Waals surface area (Å²) in [5.74, 6) is 0.729. The topological polar surface area (TPSA) is 84.1 Å². The predicted molar refractivity (Wildman–Crippen MR) is 84.6 cm³/mol. The van der Waals surface area contributed by atoms with Crippen molar-refractivity contribution in [2.45, 2.75) is 32.1 Å². The molecular weight excluding hydrogens is 302 g/mol. The maximum atomic E-state index is 12.2. The second-order valence-electron chi connectivity index (χ2n) is 5.01. The Bertz CT molecular complexity index is 701. The minimum Gasteiger partial charge on any atom is -0.492 e. The van der Waals surface area contributed by atoms with E-state index in [1.165, 1.54) is 5.56 Å². The first-order chi connectivity index (χ1) is 10.4. The Morgan fingerprint density at radius 2 is 1.91 bits per heavy atom. The van der Waals surface area contributed by atoms with Crippen LogP contribution in [0.2, 0.25) is 0 Å². The Balaban J connectivity index is 1.88. The molecule has 0 saturated carbocycles. The van der Waals surface area contributed by atoms with Gasteiger partial charge in [-0.2, -0.15) is 5.10 Å². The summed E-state index contributed by atoms with van der Waals surface area (Å²) in [6.45, 7) is 5.89. The predicted octanol–water partition coefficient (Wildman–Crippen LogP) is 1.95. The van der Waals surface area contributed by atoms with Crippen molar-refractivity contribution >= 4 is 10.0 Å². The van der Waals surface area contributed by atoms with E-state index in [1.807, 2.05) is 24.3 Å². The number of hydrogen-bond donors (Lipinski definition) is 2. The van der Waals surface area contributed by atoms with E-state index in [0.29, 0.717) is 11.4 Å². The number of nitrogens with one attached hydrogen (secondary N) is 2. The molecule has 120 valence electrons. The lowest BCUT2D eigenvalue weighted by Crippen LogP contribution is -2.29. The van der Waals surface area contributed by atoms with E-state index in [4.69, 9.17) is 4.74 Å². The molecule has 0 fully saturated rings. The molecule has 1 aromatic heterocycles. The third-order valence-electron chi connectivity index (χ3n) is 3.32. The van der Waals surface area contributed by atoms with Gasteiger partial charge in [-0.25, -0.2) is 13.1 Å². The van der Waals surface area contributed by atoms with Crippen molar-refractivity contribution in [3.05, 3.63) is 41.2 Å². The summed E-state index contributed by atoms with van der Waals surface area (Å²) < 4.78 is 32.5. The van der Waals surface area contributed by atoms with Gasteiger partial charge in [-0.15, -0.1) is 0 Å². The summed E-state index contributed by atoms with van der Waals surface area (Å²) in [4.78, 5) is 0.208. The monoisotopic (exact) mass is 323 g/mol. The number of benzene rings is 1. The van der Waals surface area contributed by atoms with Crippen molar-refractivity contribution in [2.75, 3.05) is 13.2 Å². The molecule has 7 heteroatoms. The molecule has 22 heavy (non-hydrogen) atoms. The normalized spacial score (nSPS) is 11.6. The molecule has 0 amide bonds. The van der Waals surface area contributed by atoms with Crippen LogP contribution in [0.4, 0.5) is 0 Å². The number of nitrogens with zero attached hydrogens (tertiary/aromatic N) is 1. The molecule has 0 bridgehead atoms. The van der Waals surface area contributed by atoms with Gasteiger partial charge in [0.25, 0.3) is 0 Å². The Kier molecular flexibility index (Phi) is 5.20. The molecular formula is C15H21N3O3S. The summed E-state index contributed by atoms with van der Waals surface area (Å²) in [7, 11) is -3.57. The fourth-order valence-electron chi connectivity index (χ4n) is 2.18. The molecule has 0 radical (unpaired) electrons. The first-order valence-electron chi connectivity index (χ1n) is 7.17. The Morgan fingerprint density at radius 3 is 2.45 bits per heavy atom. The molecule has 1 aromatic carbocycles. The zero-order valence-electron chi connectivity index (χ0n) is 13.0. The SMILES string of the molecule is CCc1ccc(OCCNS(=O)(=O)c2c(C)n[nH]c2C)cc1. The van der Waals surface area contributed by atoms with Gasteiger partial charge in [-0.1, -0.05) is 19.1 Å². The number of aryl methyl sites for hydroxylation is 3. The van der Waals surface area contributed by atoms with E-state index in [1.54, 1.807) is 13.8 Å². The van der Waals surface area contributed by atoms with Crippen LogP contribution in [-0.4, -0.2) is 31.8 Å². The molecule has 0 unspecified atom stereocenters. The van der Waals surface area contributed by atoms with E-state index < -0.39 is 10.0 Å². The van der Waals surface area contributed by atoms with Gasteiger partial charge in [0.1, 0.15) is 17.3 Å².